The maximum Gasteiger partial charge on any atom is 0.269 e. The van der Waals surface area contributed by atoms with Crippen molar-refractivity contribution in [3.8, 4) is 17.1 Å². The van der Waals surface area contributed by atoms with Crippen LogP contribution in [0.15, 0.2) is 54.7 Å². The second kappa shape index (κ2) is 7.61. The van der Waals surface area contributed by atoms with E-state index in [-0.39, 0.29) is 11.9 Å². The fourth-order valence-corrected chi connectivity index (χ4v) is 2.64. The van der Waals surface area contributed by atoms with Gasteiger partial charge in [0.25, 0.3) is 5.91 Å². The van der Waals surface area contributed by atoms with Gasteiger partial charge >= 0.3 is 0 Å². The van der Waals surface area contributed by atoms with E-state index in [9.17, 15) is 4.79 Å². The summed E-state index contributed by atoms with van der Waals surface area (Å²) in [6.45, 7) is 1.96. The smallest absolute Gasteiger partial charge is 0.269 e. The van der Waals surface area contributed by atoms with E-state index in [0.717, 1.165) is 17.0 Å². The van der Waals surface area contributed by atoms with Crippen LogP contribution in [0.3, 0.4) is 0 Å². The number of carbonyl (C=O) groups excluding carboxylic acids is 1. The van der Waals surface area contributed by atoms with Crippen molar-refractivity contribution in [3.63, 3.8) is 0 Å². The first-order valence-electron chi connectivity index (χ1n) is 8.07. The molecule has 3 aromatic rings. The van der Waals surface area contributed by atoms with Gasteiger partial charge < -0.3 is 10.1 Å². The zero-order valence-corrected chi connectivity index (χ0v) is 14.2. The molecular formula is C19H20N4O2. The maximum atomic E-state index is 12.4. The molecule has 1 atom stereocenters. The van der Waals surface area contributed by atoms with Crippen LogP contribution < -0.4 is 10.1 Å². The number of hydrogen-bond donors (Lipinski definition) is 2. The summed E-state index contributed by atoms with van der Waals surface area (Å²) in [6, 6.07) is 15.0. The number of H-pyrrole nitrogens is 1. The van der Waals surface area contributed by atoms with Crippen LogP contribution in [0.25, 0.3) is 11.4 Å². The van der Waals surface area contributed by atoms with E-state index in [4.69, 9.17) is 4.74 Å². The first-order chi connectivity index (χ1) is 12.2. The molecule has 2 aromatic heterocycles. The quantitative estimate of drug-likeness (QED) is 0.725. The van der Waals surface area contributed by atoms with E-state index < -0.39 is 0 Å². The number of carbonyl (C=O) groups is 1. The lowest BCUT2D eigenvalue weighted by molar-refractivity contribution is 0.0935. The summed E-state index contributed by atoms with van der Waals surface area (Å²) < 4.78 is 5.35. The molecule has 128 valence electrons. The summed E-state index contributed by atoms with van der Waals surface area (Å²) in [4.78, 5) is 16.6. The Bertz CT molecular complexity index is 845. The molecule has 0 bridgehead atoms. The van der Waals surface area contributed by atoms with Crippen LogP contribution in [-0.2, 0) is 6.42 Å². The lowest BCUT2D eigenvalue weighted by Crippen LogP contribution is -2.34. The number of aromatic nitrogens is 3. The van der Waals surface area contributed by atoms with Crippen molar-refractivity contribution in [2.75, 3.05) is 7.11 Å². The highest BCUT2D eigenvalue weighted by Gasteiger charge is 2.15. The zero-order valence-electron chi connectivity index (χ0n) is 14.2. The standard InChI is InChI=1S/C19H20N4O2/c1-13(11-14-7-3-4-9-18(14)25-2)21-19(24)17-12-16(22-23-17)15-8-5-6-10-20-15/h3-10,12-13H,11H2,1-2H3,(H,21,24)(H,22,23)/t13-/m0/s1. The van der Waals surface area contributed by atoms with Gasteiger partial charge in [0, 0.05) is 12.2 Å². The predicted molar refractivity (Wildman–Crippen MR) is 95.4 cm³/mol. The number of aromatic amines is 1. The molecule has 2 heterocycles. The van der Waals surface area contributed by atoms with E-state index >= 15 is 0 Å². The highest BCUT2D eigenvalue weighted by molar-refractivity contribution is 5.93. The van der Waals surface area contributed by atoms with Gasteiger partial charge in [0.1, 0.15) is 17.1 Å². The molecule has 6 nitrogen and oxygen atoms in total. The summed E-state index contributed by atoms with van der Waals surface area (Å²) in [5.74, 6) is 0.625. The van der Waals surface area contributed by atoms with E-state index in [1.807, 2.05) is 49.4 Å². The lowest BCUT2D eigenvalue weighted by atomic mass is 10.1. The maximum absolute atomic E-state index is 12.4. The van der Waals surface area contributed by atoms with Crippen molar-refractivity contribution in [1.29, 1.82) is 0 Å². The number of nitrogens with one attached hydrogen (secondary N) is 2. The van der Waals surface area contributed by atoms with Crippen molar-refractivity contribution in [3.05, 3.63) is 66.0 Å². The predicted octanol–water partition coefficient (Wildman–Crippen LogP) is 2.84. The number of nitrogens with zero attached hydrogens (tertiary/aromatic N) is 2. The van der Waals surface area contributed by atoms with E-state index in [1.165, 1.54) is 0 Å². The monoisotopic (exact) mass is 336 g/mol. The Labute approximate surface area is 146 Å². The van der Waals surface area contributed by atoms with Gasteiger partial charge in [0.15, 0.2) is 0 Å². The molecule has 0 unspecified atom stereocenters. The van der Waals surface area contributed by atoms with Crippen LogP contribution in [0.1, 0.15) is 23.0 Å². The van der Waals surface area contributed by atoms with E-state index in [2.05, 4.69) is 20.5 Å². The molecule has 0 aliphatic carbocycles. The first kappa shape index (κ1) is 16.7. The Morgan fingerprint density at radius 3 is 2.76 bits per heavy atom. The molecule has 25 heavy (non-hydrogen) atoms. The average molecular weight is 336 g/mol. The minimum Gasteiger partial charge on any atom is -0.496 e. The molecule has 0 saturated carbocycles. The summed E-state index contributed by atoms with van der Waals surface area (Å²) in [5.41, 5.74) is 2.83. The third-order valence-corrected chi connectivity index (χ3v) is 3.85. The molecule has 3 rings (SSSR count). The topological polar surface area (TPSA) is 79.9 Å². The fourth-order valence-electron chi connectivity index (χ4n) is 2.64. The lowest BCUT2D eigenvalue weighted by Gasteiger charge is -2.15. The number of benzene rings is 1. The molecule has 0 saturated heterocycles. The van der Waals surface area contributed by atoms with Gasteiger partial charge in [-0.15, -0.1) is 0 Å². The summed E-state index contributed by atoms with van der Waals surface area (Å²) in [5, 5.41) is 9.90. The summed E-state index contributed by atoms with van der Waals surface area (Å²) >= 11 is 0. The second-order valence-electron chi connectivity index (χ2n) is 5.77. The van der Waals surface area contributed by atoms with E-state index in [1.54, 1.807) is 19.4 Å². The Hall–Kier alpha value is -3.15. The molecule has 0 fully saturated rings. The third-order valence-electron chi connectivity index (χ3n) is 3.85. The Morgan fingerprint density at radius 1 is 1.20 bits per heavy atom. The highest BCUT2D eigenvalue weighted by atomic mass is 16.5. The number of amides is 1. The molecule has 2 N–H and O–H groups in total. The SMILES string of the molecule is COc1ccccc1C[C@H](C)NC(=O)c1cc(-c2ccccn2)n[nH]1. The highest BCUT2D eigenvalue weighted by Crippen LogP contribution is 2.19. The largest absolute Gasteiger partial charge is 0.496 e. The van der Waals surface area contributed by atoms with Gasteiger partial charge in [0.05, 0.1) is 12.8 Å². The molecule has 1 aromatic carbocycles. The summed E-state index contributed by atoms with van der Waals surface area (Å²) in [7, 11) is 1.64. The number of hydrogen-bond acceptors (Lipinski definition) is 4. The summed E-state index contributed by atoms with van der Waals surface area (Å²) in [6.07, 6.45) is 2.37. The molecule has 6 heteroatoms. The van der Waals surface area contributed by atoms with Gasteiger partial charge in [-0.05, 0) is 43.2 Å². The van der Waals surface area contributed by atoms with E-state index in [0.29, 0.717) is 17.8 Å². The van der Waals surface area contributed by atoms with Crippen LogP contribution in [0, 0.1) is 0 Å². The van der Waals surface area contributed by atoms with Crippen LogP contribution in [0.4, 0.5) is 0 Å². The minimum absolute atomic E-state index is 0.0506. The molecule has 0 aliphatic heterocycles. The normalized spacial score (nSPS) is 11.8. The van der Waals surface area contributed by atoms with Crippen molar-refractivity contribution in [1.82, 2.24) is 20.5 Å². The second-order valence-corrected chi connectivity index (χ2v) is 5.77. The number of methoxy groups -OCH3 is 1. The van der Waals surface area contributed by atoms with Crippen LogP contribution in [0.5, 0.6) is 5.75 Å². The third kappa shape index (κ3) is 4.03. The number of ether oxygens (including phenoxy) is 1. The van der Waals surface area contributed by atoms with Crippen molar-refractivity contribution in [2.45, 2.75) is 19.4 Å². The van der Waals surface area contributed by atoms with Crippen molar-refractivity contribution < 1.29 is 9.53 Å². The minimum atomic E-state index is -0.197. The Morgan fingerprint density at radius 2 is 2.00 bits per heavy atom. The Balaban J connectivity index is 1.65. The fraction of sp³-hybridized carbons (Fsp3) is 0.211. The number of pyridine rings is 1. The van der Waals surface area contributed by atoms with Crippen molar-refractivity contribution in [2.24, 2.45) is 0 Å². The Kier molecular flexibility index (Phi) is 5.09. The number of rotatable bonds is 6. The van der Waals surface area contributed by atoms with Crippen molar-refractivity contribution >= 4 is 5.91 Å². The van der Waals surface area contributed by atoms with Gasteiger partial charge in [-0.3, -0.25) is 14.9 Å². The van der Waals surface area contributed by atoms with Gasteiger partial charge in [-0.1, -0.05) is 24.3 Å². The molecular weight excluding hydrogens is 316 g/mol. The van der Waals surface area contributed by atoms with Crippen LogP contribution in [0.2, 0.25) is 0 Å². The average Bonchev–Trinajstić information content (AvgIpc) is 3.13. The van der Waals surface area contributed by atoms with Gasteiger partial charge in [-0.25, -0.2) is 0 Å². The first-order valence-corrected chi connectivity index (χ1v) is 8.07. The van der Waals surface area contributed by atoms with Gasteiger partial charge in [-0.2, -0.15) is 5.10 Å². The number of para-hydroxylation sites is 1. The molecule has 0 aliphatic rings. The van der Waals surface area contributed by atoms with Crippen LogP contribution >= 0.6 is 0 Å². The van der Waals surface area contributed by atoms with Gasteiger partial charge in [0.2, 0.25) is 0 Å². The molecule has 0 radical (unpaired) electrons. The molecule has 1 amide bonds. The molecule has 0 spiro atoms. The zero-order chi connectivity index (χ0) is 17.6. The van der Waals surface area contributed by atoms with Crippen LogP contribution in [-0.4, -0.2) is 34.2 Å².